The number of carbonyl (C=O) groups is 1. The smallest absolute Gasteiger partial charge is 0.306 e. The molecule has 0 N–H and O–H groups in total. The average molecular weight is 438 g/mol. The van der Waals surface area contributed by atoms with Gasteiger partial charge in [0.2, 0.25) is 5.91 Å². The first-order valence-electron chi connectivity index (χ1n) is 10.7. The van der Waals surface area contributed by atoms with E-state index in [1.165, 1.54) is 22.6 Å². The van der Waals surface area contributed by atoms with E-state index in [4.69, 9.17) is 5.10 Å². The van der Waals surface area contributed by atoms with E-state index in [0.717, 1.165) is 36.7 Å². The molecule has 0 radical (unpaired) electrons. The van der Waals surface area contributed by atoms with Crippen LogP contribution in [0.4, 0.5) is 5.69 Å². The highest BCUT2D eigenvalue weighted by atomic mass is 16.6. The zero-order valence-electron chi connectivity index (χ0n) is 18.3. The molecule has 1 fully saturated rings. The molecule has 1 amide bonds. The molecule has 1 aromatic carbocycles. The summed E-state index contributed by atoms with van der Waals surface area (Å²) in [5, 5.41) is 19.4. The van der Waals surface area contributed by atoms with Crippen LogP contribution in [-0.4, -0.2) is 66.4 Å². The molecule has 1 aliphatic rings. The summed E-state index contributed by atoms with van der Waals surface area (Å²) in [6.07, 6.45) is 2.83. The fourth-order valence-corrected chi connectivity index (χ4v) is 4.04. The molecule has 0 saturated carbocycles. The van der Waals surface area contributed by atoms with Gasteiger partial charge in [0.25, 0.3) is 0 Å². The largest absolute Gasteiger partial charge is 0.340 e. The third kappa shape index (κ3) is 4.70. The van der Waals surface area contributed by atoms with Crippen LogP contribution in [0.2, 0.25) is 0 Å². The van der Waals surface area contributed by atoms with Gasteiger partial charge in [0, 0.05) is 56.9 Å². The molecule has 3 aromatic rings. The number of benzene rings is 1. The van der Waals surface area contributed by atoms with Gasteiger partial charge in [-0.2, -0.15) is 10.2 Å². The van der Waals surface area contributed by atoms with Crippen molar-refractivity contribution in [1.82, 2.24) is 29.4 Å². The SMILES string of the molecule is Cc1nn(-c2ccccc2)c(C)c1CN1CCN(C(=O)CCn2cc([N+](=O)[O-])cn2)CC1. The number of hydrogen-bond donors (Lipinski definition) is 0. The number of aryl methyl sites for hydroxylation is 2. The molecule has 3 heterocycles. The fraction of sp³-hybridized carbons (Fsp3) is 0.409. The molecule has 2 aromatic heterocycles. The highest BCUT2D eigenvalue weighted by Crippen LogP contribution is 2.20. The molecule has 0 unspecified atom stereocenters. The molecular weight excluding hydrogens is 410 g/mol. The van der Waals surface area contributed by atoms with Crippen LogP contribution in [0.1, 0.15) is 23.4 Å². The highest BCUT2D eigenvalue weighted by molar-refractivity contribution is 5.76. The fourth-order valence-electron chi connectivity index (χ4n) is 4.04. The minimum atomic E-state index is -0.489. The van der Waals surface area contributed by atoms with Crippen LogP contribution < -0.4 is 0 Å². The van der Waals surface area contributed by atoms with E-state index in [1.807, 2.05) is 34.7 Å². The van der Waals surface area contributed by atoms with Crippen molar-refractivity contribution in [3.8, 4) is 5.69 Å². The number of amides is 1. The van der Waals surface area contributed by atoms with Crippen LogP contribution >= 0.6 is 0 Å². The minimum Gasteiger partial charge on any atom is -0.340 e. The molecule has 32 heavy (non-hydrogen) atoms. The molecule has 0 aliphatic carbocycles. The summed E-state index contributed by atoms with van der Waals surface area (Å²) in [7, 11) is 0. The lowest BCUT2D eigenvalue weighted by atomic mass is 10.1. The van der Waals surface area contributed by atoms with E-state index in [1.54, 1.807) is 0 Å². The monoisotopic (exact) mass is 437 g/mol. The van der Waals surface area contributed by atoms with Crippen LogP contribution in [0, 0.1) is 24.0 Å². The molecule has 1 aliphatic heterocycles. The zero-order chi connectivity index (χ0) is 22.7. The standard InChI is InChI=1S/C22H27N7O3/c1-17-21(18(2)28(24-17)19-6-4-3-5-7-19)16-25-10-12-26(13-11-25)22(30)8-9-27-15-20(14-23-27)29(31)32/h3-7,14-15H,8-13,16H2,1-2H3. The second-order valence-electron chi connectivity index (χ2n) is 8.02. The third-order valence-electron chi connectivity index (χ3n) is 5.93. The summed E-state index contributed by atoms with van der Waals surface area (Å²) >= 11 is 0. The Labute approximate surface area is 186 Å². The van der Waals surface area contributed by atoms with Gasteiger partial charge in [0.1, 0.15) is 12.4 Å². The van der Waals surface area contributed by atoms with Gasteiger partial charge in [-0.05, 0) is 26.0 Å². The lowest BCUT2D eigenvalue weighted by Crippen LogP contribution is -2.48. The molecule has 168 valence electrons. The Morgan fingerprint density at radius 3 is 2.50 bits per heavy atom. The van der Waals surface area contributed by atoms with Crippen LogP contribution in [0.15, 0.2) is 42.7 Å². The van der Waals surface area contributed by atoms with Gasteiger partial charge in [0.15, 0.2) is 0 Å². The van der Waals surface area contributed by atoms with Gasteiger partial charge < -0.3 is 4.90 Å². The van der Waals surface area contributed by atoms with Crippen molar-refractivity contribution in [3.63, 3.8) is 0 Å². The van der Waals surface area contributed by atoms with Crippen molar-refractivity contribution >= 4 is 11.6 Å². The topological polar surface area (TPSA) is 102 Å². The number of para-hydroxylation sites is 1. The number of piperazine rings is 1. The van der Waals surface area contributed by atoms with Gasteiger partial charge in [-0.15, -0.1) is 0 Å². The molecule has 0 bridgehead atoms. The van der Waals surface area contributed by atoms with Crippen LogP contribution in [0.3, 0.4) is 0 Å². The van der Waals surface area contributed by atoms with Crippen molar-refractivity contribution in [2.75, 3.05) is 26.2 Å². The van der Waals surface area contributed by atoms with Crippen LogP contribution in [0.5, 0.6) is 0 Å². The van der Waals surface area contributed by atoms with Crippen LogP contribution in [-0.2, 0) is 17.9 Å². The number of nitrogens with zero attached hydrogens (tertiary/aromatic N) is 7. The Bertz CT molecular complexity index is 1100. The maximum absolute atomic E-state index is 12.6. The van der Waals surface area contributed by atoms with Gasteiger partial charge in [-0.3, -0.25) is 24.5 Å². The molecule has 4 rings (SSSR count). The van der Waals surface area contributed by atoms with Gasteiger partial charge in [0.05, 0.1) is 16.3 Å². The molecular formula is C22H27N7O3. The molecule has 10 nitrogen and oxygen atoms in total. The second kappa shape index (κ2) is 9.31. The summed E-state index contributed by atoms with van der Waals surface area (Å²) in [6, 6.07) is 10.1. The normalized spacial score (nSPS) is 14.6. The first-order chi connectivity index (χ1) is 15.4. The Hall–Kier alpha value is -3.53. The molecule has 10 heteroatoms. The third-order valence-corrected chi connectivity index (χ3v) is 5.93. The Morgan fingerprint density at radius 2 is 1.84 bits per heavy atom. The quantitative estimate of drug-likeness (QED) is 0.415. The van der Waals surface area contributed by atoms with Gasteiger partial charge in [-0.25, -0.2) is 4.68 Å². The highest BCUT2D eigenvalue weighted by Gasteiger charge is 2.23. The van der Waals surface area contributed by atoms with Gasteiger partial charge >= 0.3 is 5.69 Å². The number of hydrogen-bond acceptors (Lipinski definition) is 6. The average Bonchev–Trinajstić information content (AvgIpc) is 3.39. The second-order valence-corrected chi connectivity index (χ2v) is 8.02. The van der Waals surface area contributed by atoms with Crippen molar-refractivity contribution < 1.29 is 9.72 Å². The maximum atomic E-state index is 12.6. The predicted octanol–water partition coefficient (Wildman–Crippen LogP) is 2.33. The van der Waals surface area contributed by atoms with Crippen LogP contribution in [0.25, 0.3) is 5.69 Å². The van der Waals surface area contributed by atoms with E-state index in [9.17, 15) is 14.9 Å². The number of carbonyl (C=O) groups excluding carboxylic acids is 1. The van der Waals surface area contributed by atoms with Crippen molar-refractivity contribution in [2.45, 2.75) is 33.4 Å². The molecule has 0 atom stereocenters. The van der Waals surface area contributed by atoms with Crippen molar-refractivity contribution in [2.24, 2.45) is 0 Å². The van der Waals surface area contributed by atoms with Crippen molar-refractivity contribution in [1.29, 1.82) is 0 Å². The zero-order valence-corrected chi connectivity index (χ0v) is 18.3. The van der Waals surface area contributed by atoms with E-state index in [2.05, 4.69) is 29.1 Å². The number of nitro groups is 1. The summed E-state index contributed by atoms with van der Waals surface area (Å²) in [5.74, 6) is 0.0482. The molecule has 1 saturated heterocycles. The lowest BCUT2D eigenvalue weighted by Gasteiger charge is -2.34. The first kappa shape index (κ1) is 21.7. The Balaban J connectivity index is 1.30. The van der Waals surface area contributed by atoms with E-state index in [-0.39, 0.29) is 18.0 Å². The Kier molecular flexibility index (Phi) is 6.31. The van der Waals surface area contributed by atoms with E-state index >= 15 is 0 Å². The minimum absolute atomic E-state index is 0.0482. The Morgan fingerprint density at radius 1 is 1.12 bits per heavy atom. The van der Waals surface area contributed by atoms with Gasteiger partial charge in [-0.1, -0.05) is 18.2 Å². The number of aromatic nitrogens is 4. The van der Waals surface area contributed by atoms with E-state index in [0.29, 0.717) is 19.6 Å². The predicted molar refractivity (Wildman–Crippen MR) is 118 cm³/mol. The summed E-state index contributed by atoms with van der Waals surface area (Å²) in [4.78, 5) is 27.0. The van der Waals surface area contributed by atoms with E-state index < -0.39 is 4.92 Å². The lowest BCUT2D eigenvalue weighted by molar-refractivity contribution is -0.385. The molecule has 0 spiro atoms. The van der Waals surface area contributed by atoms with Crippen molar-refractivity contribution in [3.05, 3.63) is 69.8 Å². The summed E-state index contributed by atoms with van der Waals surface area (Å²) in [6.45, 7) is 8.23. The number of rotatable bonds is 7. The summed E-state index contributed by atoms with van der Waals surface area (Å²) < 4.78 is 3.44. The summed E-state index contributed by atoms with van der Waals surface area (Å²) in [5.41, 5.74) is 4.39. The maximum Gasteiger partial charge on any atom is 0.306 e. The first-order valence-corrected chi connectivity index (χ1v) is 10.7.